The molecule has 0 saturated carbocycles. The fraction of sp³-hybridized carbons (Fsp3) is 0. The second-order valence-electron chi connectivity index (χ2n) is 4.58. The third-order valence-corrected chi connectivity index (χ3v) is 3.72. The van der Waals surface area contributed by atoms with Crippen LogP contribution in [0.2, 0.25) is 10.0 Å². The highest BCUT2D eigenvalue weighted by Crippen LogP contribution is 2.20. The molecule has 6 heteroatoms. The molecule has 0 saturated heterocycles. The van der Waals surface area contributed by atoms with Crippen LogP contribution in [0.25, 0.3) is 5.69 Å². The Kier molecular flexibility index (Phi) is 3.96. The summed E-state index contributed by atoms with van der Waals surface area (Å²) in [5.74, 6) is -0.979. The van der Waals surface area contributed by atoms with Crippen molar-refractivity contribution in [2.45, 2.75) is 0 Å². The molecule has 0 aliphatic heterocycles. The second-order valence-corrected chi connectivity index (χ2v) is 5.43. The van der Waals surface area contributed by atoms with Crippen molar-refractivity contribution in [1.29, 1.82) is 0 Å². The van der Waals surface area contributed by atoms with E-state index in [-0.39, 0.29) is 16.4 Å². The molecule has 3 nitrogen and oxygen atoms in total. The maximum Gasteiger partial charge on any atom is 0.211 e. The summed E-state index contributed by atoms with van der Waals surface area (Å²) in [6.07, 6.45) is 2.95. The minimum absolute atomic E-state index is 0.0252. The van der Waals surface area contributed by atoms with Crippen LogP contribution in [0.15, 0.2) is 55.0 Å². The summed E-state index contributed by atoms with van der Waals surface area (Å²) in [7, 11) is 0. The van der Waals surface area contributed by atoms with E-state index in [0.29, 0.717) is 10.7 Å². The van der Waals surface area contributed by atoms with Crippen molar-refractivity contribution in [3.8, 4) is 5.69 Å². The van der Waals surface area contributed by atoms with Crippen LogP contribution in [-0.2, 0) is 0 Å². The van der Waals surface area contributed by atoms with Gasteiger partial charge in [0.1, 0.15) is 11.5 Å². The summed E-state index contributed by atoms with van der Waals surface area (Å²) >= 11 is 11.5. The van der Waals surface area contributed by atoms with E-state index >= 15 is 0 Å². The number of rotatable bonds is 3. The summed E-state index contributed by atoms with van der Waals surface area (Å²) in [6, 6.07) is 10.9. The molecule has 110 valence electrons. The number of hydrogen-bond donors (Lipinski definition) is 0. The number of benzene rings is 2. The molecule has 0 bridgehead atoms. The van der Waals surface area contributed by atoms with Crippen molar-refractivity contribution in [2.24, 2.45) is 0 Å². The number of imidazole rings is 1. The summed E-state index contributed by atoms with van der Waals surface area (Å²) in [5, 5.41) is 0.569. The Labute approximate surface area is 135 Å². The minimum Gasteiger partial charge on any atom is -0.296 e. The Hall–Kier alpha value is -2.17. The molecule has 1 heterocycles. The SMILES string of the molecule is O=C(c1ccc(Cl)c(F)c1)c1cncn1-c1ccc(Cl)cc1. The van der Waals surface area contributed by atoms with E-state index in [2.05, 4.69) is 4.98 Å². The van der Waals surface area contributed by atoms with E-state index in [1.807, 2.05) is 0 Å². The standard InChI is InChI=1S/C16H9Cl2FN2O/c17-11-2-4-12(5-3-11)21-9-20-8-15(21)16(22)10-1-6-13(18)14(19)7-10/h1-9H. The largest absolute Gasteiger partial charge is 0.296 e. The first-order chi connectivity index (χ1) is 10.6. The Morgan fingerprint density at radius 1 is 1.09 bits per heavy atom. The Balaban J connectivity index is 2.02. The highest BCUT2D eigenvalue weighted by Gasteiger charge is 2.16. The van der Waals surface area contributed by atoms with Crippen molar-refractivity contribution >= 4 is 29.0 Å². The van der Waals surface area contributed by atoms with E-state index in [1.165, 1.54) is 24.7 Å². The average Bonchev–Trinajstić information content (AvgIpc) is 2.99. The van der Waals surface area contributed by atoms with Crippen molar-refractivity contribution in [1.82, 2.24) is 9.55 Å². The fourth-order valence-corrected chi connectivity index (χ4v) is 2.30. The van der Waals surface area contributed by atoms with E-state index in [9.17, 15) is 9.18 Å². The lowest BCUT2D eigenvalue weighted by molar-refractivity contribution is 0.103. The van der Waals surface area contributed by atoms with Gasteiger partial charge in [-0.15, -0.1) is 0 Å². The minimum atomic E-state index is -0.634. The van der Waals surface area contributed by atoms with Crippen LogP contribution >= 0.6 is 23.2 Å². The Morgan fingerprint density at radius 2 is 1.82 bits per heavy atom. The molecule has 22 heavy (non-hydrogen) atoms. The number of nitrogens with zero attached hydrogens (tertiary/aromatic N) is 2. The number of carbonyl (C=O) groups is 1. The van der Waals surface area contributed by atoms with Gasteiger partial charge in [0.25, 0.3) is 0 Å². The highest BCUT2D eigenvalue weighted by molar-refractivity contribution is 6.31. The molecule has 0 unspecified atom stereocenters. The van der Waals surface area contributed by atoms with Gasteiger partial charge in [-0.25, -0.2) is 9.37 Å². The molecule has 0 aliphatic rings. The molecule has 0 fully saturated rings. The topological polar surface area (TPSA) is 34.9 Å². The quantitative estimate of drug-likeness (QED) is 0.658. The third-order valence-electron chi connectivity index (χ3n) is 3.16. The van der Waals surface area contributed by atoms with Gasteiger partial charge in [0.2, 0.25) is 5.78 Å². The summed E-state index contributed by atoms with van der Waals surface area (Å²) in [5.41, 5.74) is 1.27. The fourth-order valence-electron chi connectivity index (χ4n) is 2.06. The van der Waals surface area contributed by atoms with Gasteiger partial charge in [-0.05, 0) is 42.5 Å². The second kappa shape index (κ2) is 5.91. The number of aromatic nitrogens is 2. The summed E-state index contributed by atoms with van der Waals surface area (Å²) in [4.78, 5) is 16.5. The lowest BCUT2D eigenvalue weighted by atomic mass is 10.1. The van der Waals surface area contributed by atoms with Crippen molar-refractivity contribution in [3.05, 3.63) is 82.1 Å². The van der Waals surface area contributed by atoms with Crippen LogP contribution in [-0.4, -0.2) is 15.3 Å². The first-order valence-electron chi connectivity index (χ1n) is 6.34. The number of halogens is 3. The molecular weight excluding hydrogens is 326 g/mol. The zero-order chi connectivity index (χ0) is 15.7. The predicted molar refractivity (Wildman–Crippen MR) is 83.4 cm³/mol. The van der Waals surface area contributed by atoms with E-state index in [4.69, 9.17) is 23.2 Å². The normalized spacial score (nSPS) is 10.7. The van der Waals surface area contributed by atoms with Gasteiger partial charge >= 0.3 is 0 Å². The van der Waals surface area contributed by atoms with Gasteiger partial charge in [-0.3, -0.25) is 9.36 Å². The average molecular weight is 335 g/mol. The Bertz CT molecular complexity index is 844. The Morgan fingerprint density at radius 3 is 2.50 bits per heavy atom. The van der Waals surface area contributed by atoms with Crippen LogP contribution in [0, 0.1) is 5.82 Å². The van der Waals surface area contributed by atoms with E-state index in [0.717, 1.165) is 11.8 Å². The summed E-state index contributed by atoms with van der Waals surface area (Å²) in [6.45, 7) is 0. The molecule has 1 aromatic heterocycles. The van der Waals surface area contributed by atoms with Gasteiger partial charge in [0.15, 0.2) is 0 Å². The molecule has 0 radical (unpaired) electrons. The van der Waals surface area contributed by atoms with Gasteiger partial charge in [0.05, 0.1) is 17.5 Å². The van der Waals surface area contributed by atoms with Crippen molar-refractivity contribution in [2.75, 3.05) is 0 Å². The highest BCUT2D eigenvalue weighted by atomic mass is 35.5. The molecule has 0 spiro atoms. The molecule has 3 aromatic rings. The number of carbonyl (C=O) groups excluding carboxylic acids is 1. The third kappa shape index (κ3) is 2.75. The van der Waals surface area contributed by atoms with Crippen molar-refractivity contribution in [3.63, 3.8) is 0 Å². The first-order valence-corrected chi connectivity index (χ1v) is 7.10. The first kappa shape index (κ1) is 14.8. The van der Waals surface area contributed by atoms with Gasteiger partial charge in [-0.2, -0.15) is 0 Å². The molecule has 0 atom stereocenters. The lowest BCUT2D eigenvalue weighted by Gasteiger charge is -2.08. The molecule has 2 aromatic carbocycles. The molecule has 0 amide bonds. The van der Waals surface area contributed by atoms with Crippen LogP contribution in [0.1, 0.15) is 16.1 Å². The maximum atomic E-state index is 13.5. The monoisotopic (exact) mass is 334 g/mol. The molecule has 0 N–H and O–H groups in total. The molecule has 3 rings (SSSR count). The predicted octanol–water partition coefficient (Wildman–Crippen LogP) is 4.55. The van der Waals surface area contributed by atoms with Gasteiger partial charge in [0, 0.05) is 16.3 Å². The van der Waals surface area contributed by atoms with Gasteiger partial charge in [-0.1, -0.05) is 23.2 Å². The van der Waals surface area contributed by atoms with E-state index in [1.54, 1.807) is 28.8 Å². The zero-order valence-electron chi connectivity index (χ0n) is 11.1. The smallest absolute Gasteiger partial charge is 0.211 e. The van der Waals surface area contributed by atoms with Crippen molar-refractivity contribution < 1.29 is 9.18 Å². The van der Waals surface area contributed by atoms with Crippen LogP contribution in [0.5, 0.6) is 0 Å². The van der Waals surface area contributed by atoms with Gasteiger partial charge < -0.3 is 0 Å². The van der Waals surface area contributed by atoms with Crippen LogP contribution in [0.3, 0.4) is 0 Å². The number of hydrogen-bond acceptors (Lipinski definition) is 2. The van der Waals surface area contributed by atoms with Crippen LogP contribution < -0.4 is 0 Å². The zero-order valence-corrected chi connectivity index (χ0v) is 12.6. The maximum absolute atomic E-state index is 13.5. The van der Waals surface area contributed by atoms with E-state index < -0.39 is 5.82 Å². The molecule has 0 aliphatic carbocycles. The lowest BCUT2D eigenvalue weighted by Crippen LogP contribution is -2.08. The van der Waals surface area contributed by atoms with Crippen LogP contribution in [0.4, 0.5) is 4.39 Å². The molecular formula is C16H9Cl2FN2O. The number of ketones is 1. The summed E-state index contributed by atoms with van der Waals surface area (Å²) < 4.78 is 15.1.